The minimum absolute atomic E-state index is 0.122. The van der Waals surface area contributed by atoms with Gasteiger partial charge >= 0.3 is 11.9 Å². The van der Waals surface area contributed by atoms with Gasteiger partial charge in [-0.3, -0.25) is 34.3 Å². The molecule has 8 rings (SSSR count). The number of halogens is 2. The van der Waals surface area contributed by atoms with E-state index in [1.165, 1.54) is 6.20 Å². The molecule has 0 bridgehead atoms. The van der Waals surface area contributed by atoms with Crippen LogP contribution in [-0.4, -0.2) is 80.4 Å². The van der Waals surface area contributed by atoms with Crippen LogP contribution in [0.3, 0.4) is 0 Å². The largest absolute Gasteiger partial charge is 0.488 e. The van der Waals surface area contributed by atoms with E-state index in [0.29, 0.717) is 83.2 Å². The average molecular weight is 1030 g/mol. The number of carboxylic acid groups (broad SMARTS) is 2. The Labute approximate surface area is 435 Å². The van der Waals surface area contributed by atoms with Crippen LogP contribution >= 0.6 is 23.2 Å². The Hall–Kier alpha value is -7.02. The summed E-state index contributed by atoms with van der Waals surface area (Å²) in [7, 11) is 1.70. The first kappa shape index (κ1) is 52.3. The minimum atomic E-state index is -0.856. The predicted molar refractivity (Wildman–Crippen MR) is 280 cm³/mol. The molecule has 0 radical (unpaired) electrons. The second kappa shape index (κ2) is 24.6. The highest BCUT2D eigenvalue weighted by molar-refractivity contribution is 6.32. The van der Waals surface area contributed by atoms with E-state index in [0.717, 1.165) is 81.3 Å². The van der Waals surface area contributed by atoms with Crippen molar-refractivity contribution in [3.63, 3.8) is 0 Å². The Bertz CT molecular complexity index is 3030. The number of hydrogen-bond acceptors (Lipinski definition) is 12. The molecular weight excluding hydrogens is 968 g/mol. The smallest absolute Gasteiger partial charge is 0.320 e. The monoisotopic (exact) mass is 1020 g/mol. The van der Waals surface area contributed by atoms with Gasteiger partial charge in [-0.25, -0.2) is 0 Å². The maximum absolute atomic E-state index is 12.2. The highest BCUT2D eigenvalue weighted by Crippen LogP contribution is 2.39. The first-order valence-corrected chi connectivity index (χ1v) is 25.1. The lowest BCUT2D eigenvalue weighted by atomic mass is 9.92. The summed E-state index contributed by atoms with van der Waals surface area (Å²) >= 11 is 13.9. The second-order valence-electron chi connectivity index (χ2n) is 18.5. The van der Waals surface area contributed by atoms with Crippen LogP contribution in [0.4, 0.5) is 0 Å². The van der Waals surface area contributed by atoms with Crippen LogP contribution in [0.1, 0.15) is 94.2 Å². The molecule has 6 aromatic rings. The number of carboxylic acids is 2. The lowest BCUT2D eigenvalue weighted by molar-refractivity contribution is -0.145. The molecule has 378 valence electrons. The third-order valence-corrected chi connectivity index (χ3v) is 14.1. The van der Waals surface area contributed by atoms with Gasteiger partial charge in [0.2, 0.25) is 0 Å². The maximum atomic E-state index is 12.2. The molecule has 0 unspecified atom stereocenters. The number of nitriles is 1. The number of benzene rings is 4. The lowest BCUT2D eigenvalue weighted by Crippen LogP contribution is -2.44. The van der Waals surface area contributed by atoms with Crippen molar-refractivity contribution in [2.24, 2.45) is 4.99 Å². The molecule has 2 fully saturated rings. The molecule has 73 heavy (non-hydrogen) atoms. The summed E-state index contributed by atoms with van der Waals surface area (Å²) in [6.45, 7) is 6.82. The number of ether oxygens (including phenoxy) is 4. The third-order valence-electron chi connectivity index (χ3n) is 13.5. The van der Waals surface area contributed by atoms with Crippen LogP contribution < -0.4 is 18.9 Å². The average Bonchev–Trinajstić information content (AvgIpc) is 3.39. The highest BCUT2D eigenvalue weighted by Gasteiger charge is 2.31. The van der Waals surface area contributed by atoms with Crippen molar-refractivity contribution in [2.75, 3.05) is 20.1 Å². The number of aliphatic imine (C=N–C) groups is 1. The molecular formula is C57H58Cl2N6O8. The number of likely N-dealkylation sites (tertiary alicyclic amines) is 2. The van der Waals surface area contributed by atoms with Crippen LogP contribution in [0.25, 0.3) is 11.1 Å². The molecule has 2 atom stereocenters. The molecule has 2 aliphatic heterocycles. The standard InChI is InChI=1S/C57H58Cl2N6O8/c1-36-42(34-72-54-22-52(70-32-40-18-38(24-60)26-62-28-40)44(20-48(54)58)30-64-16-6-4-14-50(64)56(66)67)10-8-12-46(36)47-13-9-11-43(37(47)2)35-73-55-23-53(71-33-41-19-39(25-61-3)27-63-29-41)45(21-49(55)59)31-65-17-7-5-15-51(65)57(68)69/h8-13,18-23,25-29,50-51H,4-7,14-17,30-35H2,1-3H3,(H,66,67)(H,68,69)/t50-,51-/m0/s1. The minimum Gasteiger partial charge on any atom is -0.488 e. The summed E-state index contributed by atoms with van der Waals surface area (Å²) in [4.78, 5) is 41.0. The molecule has 4 aromatic carbocycles. The first-order valence-electron chi connectivity index (χ1n) is 24.4. The lowest BCUT2D eigenvalue weighted by Gasteiger charge is -2.33. The van der Waals surface area contributed by atoms with E-state index in [-0.39, 0.29) is 26.4 Å². The van der Waals surface area contributed by atoms with Crippen molar-refractivity contribution in [2.45, 2.75) is 104 Å². The van der Waals surface area contributed by atoms with Gasteiger partial charge in [-0.2, -0.15) is 5.26 Å². The van der Waals surface area contributed by atoms with Crippen molar-refractivity contribution in [3.8, 4) is 40.2 Å². The van der Waals surface area contributed by atoms with E-state index < -0.39 is 24.0 Å². The summed E-state index contributed by atoms with van der Waals surface area (Å²) in [5, 5.41) is 30.2. The fraction of sp³-hybridized carbons (Fsp3) is 0.333. The number of rotatable bonds is 20. The van der Waals surface area contributed by atoms with Gasteiger partial charge in [-0.15, -0.1) is 0 Å². The predicted octanol–water partition coefficient (Wildman–Crippen LogP) is 11.2. The highest BCUT2D eigenvalue weighted by atomic mass is 35.5. The number of hydrogen-bond donors (Lipinski definition) is 2. The van der Waals surface area contributed by atoms with Crippen LogP contribution in [0.5, 0.6) is 23.0 Å². The van der Waals surface area contributed by atoms with E-state index in [4.69, 9.17) is 42.1 Å². The number of carbonyl (C=O) groups is 2. The van der Waals surface area contributed by atoms with Gasteiger partial charge in [-0.05, 0) is 110 Å². The molecule has 0 saturated carbocycles. The summed E-state index contributed by atoms with van der Waals surface area (Å²) < 4.78 is 25.8. The quantitative estimate of drug-likeness (QED) is 0.0691. The third kappa shape index (κ3) is 13.2. The van der Waals surface area contributed by atoms with Crippen LogP contribution in [0.15, 0.2) is 103 Å². The van der Waals surface area contributed by atoms with E-state index >= 15 is 0 Å². The zero-order chi connectivity index (χ0) is 51.4. The van der Waals surface area contributed by atoms with Crippen molar-refractivity contribution in [1.82, 2.24) is 19.8 Å². The number of aliphatic carboxylic acids is 2. The van der Waals surface area contributed by atoms with Crippen LogP contribution in [0, 0.1) is 25.2 Å². The topological polar surface area (TPSA) is 180 Å². The van der Waals surface area contributed by atoms with Crippen molar-refractivity contribution < 1.29 is 38.7 Å². The number of nitrogens with zero attached hydrogens (tertiary/aromatic N) is 6. The van der Waals surface area contributed by atoms with Crippen molar-refractivity contribution in [3.05, 3.63) is 163 Å². The molecule has 2 N–H and O–H groups in total. The molecule has 14 nitrogen and oxygen atoms in total. The van der Waals surface area contributed by atoms with Gasteiger partial charge in [0.25, 0.3) is 0 Å². The molecule has 4 heterocycles. The molecule has 2 saturated heterocycles. The van der Waals surface area contributed by atoms with Gasteiger partial charge in [0.1, 0.15) is 67.6 Å². The van der Waals surface area contributed by atoms with Gasteiger partial charge in [-0.1, -0.05) is 72.4 Å². The van der Waals surface area contributed by atoms with Crippen LogP contribution in [0.2, 0.25) is 10.0 Å². The first-order chi connectivity index (χ1) is 35.4. The summed E-state index contributed by atoms with van der Waals surface area (Å²) in [5.74, 6) is 0.169. The molecule has 16 heteroatoms. The fourth-order valence-electron chi connectivity index (χ4n) is 9.58. The Balaban J connectivity index is 1.01. The van der Waals surface area contributed by atoms with Gasteiger partial charge < -0.3 is 29.2 Å². The number of pyridine rings is 2. The Morgan fingerprint density at radius 2 is 1.14 bits per heavy atom. The summed E-state index contributed by atoms with van der Waals surface area (Å²) in [5.41, 5.74) is 10.3. The zero-order valence-electron chi connectivity index (χ0n) is 41.2. The maximum Gasteiger partial charge on any atom is 0.320 e. The molecule has 2 aliphatic rings. The van der Waals surface area contributed by atoms with E-state index in [9.17, 15) is 25.1 Å². The molecule has 0 amide bonds. The van der Waals surface area contributed by atoms with E-state index in [2.05, 4.69) is 47.0 Å². The molecule has 0 aliphatic carbocycles. The van der Waals surface area contributed by atoms with Gasteiger partial charge in [0.15, 0.2) is 0 Å². The van der Waals surface area contributed by atoms with Crippen molar-refractivity contribution >= 4 is 41.4 Å². The Kier molecular flexibility index (Phi) is 17.6. The fourth-order valence-corrected chi connectivity index (χ4v) is 10.1. The normalized spacial score (nSPS) is 16.2. The molecule has 0 spiro atoms. The summed E-state index contributed by atoms with van der Waals surface area (Å²) in [6, 6.07) is 23.9. The molecule has 2 aromatic heterocycles. The van der Waals surface area contributed by atoms with Gasteiger partial charge in [0, 0.05) is 91.1 Å². The Morgan fingerprint density at radius 1 is 0.658 bits per heavy atom. The van der Waals surface area contributed by atoms with Crippen LogP contribution in [-0.2, 0) is 49.1 Å². The summed E-state index contributed by atoms with van der Waals surface area (Å²) in [6.07, 6.45) is 13.0. The van der Waals surface area contributed by atoms with Gasteiger partial charge in [0.05, 0.1) is 15.6 Å². The zero-order valence-corrected chi connectivity index (χ0v) is 42.7. The second-order valence-corrected chi connectivity index (χ2v) is 19.3. The van der Waals surface area contributed by atoms with E-state index in [1.54, 1.807) is 56.1 Å². The number of piperidine rings is 2. The van der Waals surface area contributed by atoms with E-state index in [1.807, 2.05) is 46.2 Å². The Morgan fingerprint density at radius 3 is 1.62 bits per heavy atom. The SMILES string of the molecule is CN=Cc1cncc(COc2cc(OCc3cccc(-c4cccc(COc5cc(OCc6cncc(C#N)c6)c(CN6CCCC[C@H]6C(=O)O)cc5Cl)c4C)c3C)c(Cl)cc2CN2CCCC[C@H]2C(=O)O)c1. The van der Waals surface area contributed by atoms with Crippen molar-refractivity contribution in [1.29, 1.82) is 5.26 Å². The number of aromatic nitrogens is 2.